The number of H-pyrrole nitrogens is 1. The molecule has 0 aliphatic heterocycles. The summed E-state index contributed by atoms with van der Waals surface area (Å²) >= 11 is 5.17. The molecule has 0 amide bonds. The van der Waals surface area contributed by atoms with Gasteiger partial charge < -0.3 is 4.98 Å². The summed E-state index contributed by atoms with van der Waals surface area (Å²) in [6.07, 6.45) is -3.78. The first-order valence-corrected chi connectivity index (χ1v) is 3.49. The summed E-state index contributed by atoms with van der Waals surface area (Å²) in [6, 6.07) is 0. The third-order valence-corrected chi connectivity index (χ3v) is 1.61. The molecule has 68 valence electrons. The third-order valence-electron chi connectivity index (χ3n) is 1.32. The van der Waals surface area contributed by atoms with Gasteiger partial charge in [-0.25, -0.2) is 4.39 Å². The van der Waals surface area contributed by atoms with Crippen molar-refractivity contribution >= 4 is 11.6 Å². The quantitative estimate of drug-likeness (QED) is 0.531. The average molecular weight is 202 g/mol. The number of aromatic amines is 1. The van der Waals surface area contributed by atoms with Crippen molar-refractivity contribution in [2.24, 2.45) is 0 Å². The van der Waals surface area contributed by atoms with Crippen LogP contribution in [0.4, 0.5) is 17.6 Å². The number of alkyl halides is 4. The van der Waals surface area contributed by atoms with E-state index in [0.29, 0.717) is 0 Å². The van der Waals surface area contributed by atoms with E-state index < -0.39 is 17.7 Å². The van der Waals surface area contributed by atoms with Gasteiger partial charge in [0.1, 0.15) is 0 Å². The fourth-order valence-corrected chi connectivity index (χ4v) is 0.945. The Morgan fingerprint density at radius 3 is 2.25 bits per heavy atom. The molecule has 0 unspecified atom stereocenters. The SMILES string of the molecule is Fc1c(CCl)c[nH]c1C(F)(F)F. The molecule has 0 saturated heterocycles. The number of hydrogen-bond donors (Lipinski definition) is 1. The predicted molar refractivity (Wildman–Crippen MR) is 35.3 cm³/mol. The van der Waals surface area contributed by atoms with Crippen LogP contribution < -0.4 is 0 Å². The number of nitrogens with one attached hydrogen (secondary N) is 1. The van der Waals surface area contributed by atoms with Gasteiger partial charge >= 0.3 is 6.18 Å². The van der Waals surface area contributed by atoms with E-state index in [0.717, 1.165) is 6.20 Å². The smallest absolute Gasteiger partial charge is 0.355 e. The van der Waals surface area contributed by atoms with Gasteiger partial charge in [0.2, 0.25) is 0 Å². The lowest BCUT2D eigenvalue weighted by Crippen LogP contribution is -2.07. The zero-order valence-corrected chi connectivity index (χ0v) is 6.43. The van der Waals surface area contributed by atoms with Crippen LogP contribution in [0, 0.1) is 5.82 Å². The molecule has 0 aromatic carbocycles. The number of halogens is 5. The maximum atomic E-state index is 12.7. The molecule has 6 heteroatoms. The van der Waals surface area contributed by atoms with E-state index in [1.165, 1.54) is 0 Å². The molecule has 0 bridgehead atoms. The van der Waals surface area contributed by atoms with Gasteiger partial charge in [-0.1, -0.05) is 0 Å². The van der Waals surface area contributed by atoms with Crippen molar-refractivity contribution in [2.45, 2.75) is 12.1 Å². The standard InChI is InChI=1S/C6H4ClF4N/c7-1-3-2-12-5(4(3)8)6(9,10)11/h2,12H,1H2. The molecule has 12 heavy (non-hydrogen) atoms. The van der Waals surface area contributed by atoms with E-state index in [4.69, 9.17) is 11.6 Å². The van der Waals surface area contributed by atoms with Gasteiger partial charge in [0, 0.05) is 11.8 Å². The Morgan fingerprint density at radius 1 is 1.42 bits per heavy atom. The topological polar surface area (TPSA) is 15.8 Å². The Bertz CT molecular complexity index is 278. The molecule has 0 spiro atoms. The van der Waals surface area contributed by atoms with Gasteiger partial charge in [0.05, 0.1) is 5.88 Å². The first kappa shape index (κ1) is 9.38. The normalized spacial score (nSPS) is 12.1. The fourth-order valence-electron chi connectivity index (χ4n) is 0.750. The highest BCUT2D eigenvalue weighted by atomic mass is 35.5. The van der Waals surface area contributed by atoms with Crippen LogP contribution >= 0.6 is 11.6 Å². The summed E-state index contributed by atoms with van der Waals surface area (Å²) in [6.45, 7) is 0. The Kier molecular flexibility index (Phi) is 2.32. The van der Waals surface area contributed by atoms with Crippen molar-refractivity contribution in [1.82, 2.24) is 4.98 Å². The second-order valence-corrected chi connectivity index (χ2v) is 2.40. The summed E-state index contributed by atoms with van der Waals surface area (Å²) < 4.78 is 48.3. The lowest BCUT2D eigenvalue weighted by molar-refractivity contribution is -0.143. The summed E-state index contributed by atoms with van der Waals surface area (Å²) in [5.41, 5.74) is -1.55. The van der Waals surface area contributed by atoms with Crippen molar-refractivity contribution in [1.29, 1.82) is 0 Å². The van der Waals surface area contributed by atoms with Crippen LogP contribution in [0.3, 0.4) is 0 Å². The number of rotatable bonds is 1. The maximum Gasteiger partial charge on any atom is 0.434 e. The molecule has 1 aromatic heterocycles. The van der Waals surface area contributed by atoms with Crippen LogP contribution in [0.15, 0.2) is 6.20 Å². The van der Waals surface area contributed by atoms with E-state index in [1.807, 2.05) is 0 Å². The summed E-state index contributed by atoms with van der Waals surface area (Å²) in [5.74, 6) is -1.60. The Morgan fingerprint density at radius 2 is 2.00 bits per heavy atom. The molecule has 0 fully saturated rings. The van der Waals surface area contributed by atoms with E-state index in [2.05, 4.69) is 0 Å². The second-order valence-electron chi connectivity index (χ2n) is 2.13. The van der Waals surface area contributed by atoms with Crippen LogP contribution in [0.5, 0.6) is 0 Å². The van der Waals surface area contributed by atoms with E-state index >= 15 is 0 Å². The lowest BCUT2D eigenvalue weighted by atomic mass is 10.3. The molecule has 1 N–H and O–H groups in total. The molecule has 0 aliphatic carbocycles. The highest BCUT2D eigenvalue weighted by molar-refractivity contribution is 6.17. The van der Waals surface area contributed by atoms with Gasteiger partial charge in [0.25, 0.3) is 0 Å². The monoisotopic (exact) mass is 201 g/mol. The molecule has 1 heterocycles. The minimum Gasteiger partial charge on any atom is -0.355 e. The summed E-state index contributed by atoms with van der Waals surface area (Å²) in [4.78, 5) is 1.78. The van der Waals surface area contributed by atoms with Crippen LogP contribution in [0.25, 0.3) is 0 Å². The van der Waals surface area contributed by atoms with Gasteiger partial charge in [-0.15, -0.1) is 11.6 Å². The third kappa shape index (κ3) is 1.55. The van der Waals surface area contributed by atoms with Crippen molar-refractivity contribution in [3.05, 3.63) is 23.3 Å². The zero-order valence-electron chi connectivity index (χ0n) is 5.67. The lowest BCUT2D eigenvalue weighted by Gasteiger charge is -2.02. The van der Waals surface area contributed by atoms with E-state index in [9.17, 15) is 17.6 Å². The Balaban J connectivity index is 3.11. The molecule has 0 atom stereocenters. The first-order chi connectivity index (χ1) is 5.46. The Labute approximate surface area is 70.3 Å². The van der Waals surface area contributed by atoms with Crippen LogP contribution in [-0.4, -0.2) is 4.98 Å². The van der Waals surface area contributed by atoms with Crippen molar-refractivity contribution in [3.63, 3.8) is 0 Å². The highest BCUT2D eigenvalue weighted by Gasteiger charge is 2.36. The number of hydrogen-bond acceptors (Lipinski definition) is 0. The van der Waals surface area contributed by atoms with Crippen LogP contribution in [0.1, 0.15) is 11.3 Å². The first-order valence-electron chi connectivity index (χ1n) is 2.95. The van der Waals surface area contributed by atoms with Crippen LogP contribution in [0.2, 0.25) is 0 Å². The molecule has 0 saturated carbocycles. The molecule has 1 nitrogen and oxygen atoms in total. The van der Waals surface area contributed by atoms with Gasteiger partial charge in [-0.05, 0) is 0 Å². The largest absolute Gasteiger partial charge is 0.434 e. The van der Waals surface area contributed by atoms with E-state index in [1.54, 1.807) is 4.98 Å². The van der Waals surface area contributed by atoms with Gasteiger partial charge in [-0.2, -0.15) is 13.2 Å². The minimum absolute atomic E-state index is 0.177. The predicted octanol–water partition coefficient (Wildman–Crippen LogP) is 2.91. The van der Waals surface area contributed by atoms with Crippen LogP contribution in [-0.2, 0) is 12.1 Å². The Hall–Kier alpha value is -0.710. The molecular weight excluding hydrogens is 198 g/mol. The maximum absolute atomic E-state index is 12.7. The molecule has 1 aromatic rings. The summed E-state index contributed by atoms with van der Waals surface area (Å²) in [5, 5.41) is 0. The molecule has 0 radical (unpaired) electrons. The number of aromatic nitrogens is 1. The summed E-state index contributed by atoms with van der Waals surface area (Å²) in [7, 11) is 0. The average Bonchev–Trinajstić information content (AvgIpc) is 2.29. The molecular formula is C6H4ClF4N. The van der Waals surface area contributed by atoms with Crippen molar-refractivity contribution in [2.75, 3.05) is 0 Å². The zero-order chi connectivity index (χ0) is 9.35. The van der Waals surface area contributed by atoms with Gasteiger partial charge in [0.15, 0.2) is 11.5 Å². The van der Waals surface area contributed by atoms with Crippen molar-refractivity contribution < 1.29 is 17.6 Å². The van der Waals surface area contributed by atoms with E-state index in [-0.39, 0.29) is 11.4 Å². The molecule has 1 rings (SSSR count). The minimum atomic E-state index is -4.69. The van der Waals surface area contributed by atoms with Gasteiger partial charge in [-0.3, -0.25) is 0 Å². The highest BCUT2D eigenvalue weighted by Crippen LogP contribution is 2.31. The molecule has 0 aliphatic rings. The fraction of sp³-hybridized carbons (Fsp3) is 0.333. The van der Waals surface area contributed by atoms with Crippen molar-refractivity contribution in [3.8, 4) is 0 Å². The second kappa shape index (κ2) is 2.97.